The van der Waals surface area contributed by atoms with Crippen LogP contribution in [0.2, 0.25) is 0 Å². The average molecular weight is 449 g/mol. The number of carbonyl (C=O) groups excluding carboxylic acids is 1. The van der Waals surface area contributed by atoms with Crippen LogP contribution >= 0.6 is 0 Å². The third kappa shape index (κ3) is 3.68. The average Bonchev–Trinajstić information content (AvgIpc) is 3.36. The Morgan fingerprint density at radius 3 is 2.97 bits per heavy atom. The number of benzene rings is 1. The van der Waals surface area contributed by atoms with E-state index in [4.69, 9.17) is 9.47 Å². The van der Waals surface area contributed by atoms with E-state index in [1.807, 2.05) is 13.0 Å². The van der Waals surface area contributed by atoms with Crippen LogP contribution in [0.1, 0.15) is 28.5 Å². The molecule has 2 aliphatic rings. The van der Waals surface area contributed by atoms with Gasteiger partial charge in [0.05, 0.1) is 23.9 Å². The molecule has 0 spiro atoms. The highest BCUT2D eigenvalue weighted by atomic mass is 16.5. The highest BCUT2D eigenvalue weighted by Crippen LogP contribution is 2.41. The number of amides is 1. The Hall–Kier alpha value is -3.92. The van der Waals surface area contributed by atoms with E-state index in [0.29, 0.717) is 54.6 Å². The molecule has 4 heterocycles. The highest BCUT2D eigenvalue weighted by Gasteiger charge is 2.34. The van der Waals surface area contributed by atoms with Gasteiger partial charge in [0, 0.05) is 49.9 Å². The van der Waals surface area contributed by atoms with E-state index in [1.54, 1.807) is 37.6 Å². The van der Waals surface area contributed by atoms with Crippen molar-refractivity contribution in [3.63, 3.8) is 0 Å². The van der Waals surface area contributed by atoms with Crippen LogP contribution in [0, 0.1) is 0 Å². The number of hydrogen-bond acceptors (Lipinski definition) is 7. The smallest absolute Gasteiger partial charge is 0.407 e. The molecular formula is C23H23N5O5. The number of methoxy groups -OCH3 is 1. The van der Waals surface area contributed by atoms with Crippen LogP contribution in [0.25, 0.3) is 17.1 Å². The lowest BCUT2D eigenvalue weighted by atomic mass is 10.0. The Kier molecular flexibility index (Phi) is 5.21. The number of nitrogens with zero attached hydrogens (tertiary/aromatic N) is 4. The largest absolute Gasteiger partial charge is 0.496 e. The van der Waals surface area contributed by atoms with Crippen LogP contribution in [0.4, 0.5) is 4.79 Å². The Labute approximate surface area is 189 Å². The molecule has 2 N–H and O–H groups in total. The zero-order valence-electron chi connectivity index (χ0n) is 18.2. The summed E-state index contributed by atoms with van der Waals surface area (Å²) in [6.07, 6.45) is 2.37. The molecule has 0 aliphatic carbocycles. The maximum Gasteiger partial charge on any atom is 0.407 e. The lowest BCUT2D eigenvalue weighted by molar-refractivity contribution is 0.0704. The molecule has 1 aromatic carbocycles. The molecule has 2 aromatic heterocycles. The summed E-state index contributed by atoms with van der Waals surface area (Å²) in [5.74, 6) is 1.04. The number of ether oxygens (including phenoxy) is 2. The summed E-state index contributed by atoms with van der Waals surface area (Å²) in [7, 11) is 1.58. The molecule has 0 unspecified atom stereocenters. The number of pyridine rings is 1. The number of carbonyl (C=O) groups is 2. The molecule has 2 aliphatic heterocycles. The second-order valence-electron chi connectivity index (χ2n) is 8.12. The van der Waals surface area contributed by atoms with Crippen LogP contribution in [0.15, 0.2) is 36.2 Å². The molecular weight excluding hydrogens is 426 g/mol. The molecule has 1 saturated heterocycles. The summed E-state index contributed by atoms with van der Waals surface area (Å²) in [5.41, 5.74) is 2.42. The molecule has 1 fully saturated rings. The number of carboxylic acid groups (broad SMARTS) is 1. The number of rotatable bonds is 4. The van der Waals surface area contributed by atoms with Crippen LogP contribution < -0.4 is 9.47 Å². The topological polar surface area (TPSA) is 121 Å². The molecule has 33 heavy (non-hydrogen) atoms. The van der Waals surface area contributed by atoms with Crippen LogP contribution in [-0.2, 0) is 6.54 Å². The summed E-state index contributed by atoms with van der Waals surface area (Å²) in [5, 5.41) is 17.2. The van der Waals surface area contributed by atoms with Crippen LogP contribution in [0.5, 0.6) is 11.5 Å². The van der Waals surface area contributed by atoms with Crippen molar-refractivity contribution in [2.45, 2.75) is 19.5 Å². The lowest BCUT2D eigenvalue weighted by Crippen LogP contribution is -2.52. The summed E-state index contributed by atoms with van der Waals surface area (Å²) < 4.78 is 11.7. The van der Waals surface area contributed by atoms with Crippen molar-refractivity contribution >= 4 is 29.0 Å². The number of hydrogen-bond donors (Lipinski definition) is 2. The first-order valence-electron chi connectivity index (χ1n) is 10.6. The number of nitrogens with one attached hydrogen (secondary N) is 1. The van der Waals surface area contributed by atoms with E-state index in [9.17, 15) is 14.7 Å². The molecule has 0 bridgehead atoms. The first-order chi connectivity index (χ1) is 16.0. The van der Waals surface area contributed by atoms with Gasteiger partial charge >= 0.3 is 6.09 Å². The fourth-order valence-corrected chi connectivity index (χ4v) is 4.35. The SMILES string of the molecule is COc1ccc2c(c1CN1CCN(C(=O)O)C[C@@H]1C)O/C(=C\c1n[nH]c3ncccc13)C2=O. The van der Waals surface area contributed by atoms with E-state index >= 15 is 0 Å². The standard InChI is InChI=1S/C23H23N5O5/c1-13-11-28(23(30)31)9-8-27(13)12-16-18(32-2)6-5-15-20(29)19(33-21(15)16)10-17-14-4-3-7-24-22(14)26-25-17/h3-7,10,13H,8-9,11-12H2,1-2H3,(H,30,31)(H,24,25,26)/b19-10-/t13-/m0/s1. The van der Waals surface area contributed by atoms with Crippen molar-refractivity contribution < 1.29 is 24.2 Å². The fraction of sp³-hybridized carbons (Fsp3) is 0.304. The number of allylic oxidation sites excluding steroid dienone is 1. The van der Waals surface area contributed by atoms with Crippen LogP contribution in [-0.4, -0.2) is 74.8 Å². The summed E-state index contributed by atoms with van der Waals surface area (Å²) >= 11 is 0. The van der Waals surface area contributed by atoms with E-state index in [-0.39, 0.29) is 17.6 Å². The number of H-pyrrole nitrogens is 1. The Morgan fingerprint density at radius 2 is 2.21 bits per heavy atom. The molecule has 0 radical (unpaired) electrons. The van der Waals surface area contributed by atoms with E-state index in [1.165, 1.54) is 4.90 Å². The van der Waals surface area contributed by atoms with Gasteiger partial charge in [-0.15, -0.1) is 0 Å². The van der Waals surface area contributed by atoms with Gasteiger partial charge in [-0.2, -0.15) is 5.10 Å². The van der Waals surface area contributed by atoms with E-state index in [2.05, 4.69) is 20.1 Å². The monoisotopic (exact) mass is 449 g/mol. The number of ketones is 1. The maximum absolute atomic E-state index is 13.1. The third-order valence-corrected chi connectivity index (χ3v) is 6.15. The number of aromatic amines is 1. The minimum Gasteiger partial charge on any atom is -0.496 e. The maximum atomic E-state index is 13.1. The first kappa shape index (κ1) is 21.0. The minimum atomic E-state index is -0.913. The first-order valence-corrected chi connectivity index (χ1v) is 10.6. The van der Waals surface area contributed by atoms with Crippen molar-refractivity contribution in [2.75, 3.05) is 26.7 Å². The van der Waals surface area contributed by atoms with Gasteiger partial charge in [-0.1, -0.05) is 0 Å². The van der Waals surface area contributed by atoms with Gasteiger partial charge in [0.25, 0.3) is 0 Å². The van der Waals surface area contributed by atoms with Gasteiger partial charge in [-0.25, -0.2) is 9.78 Å². The van der Waals surface area contributed by atoms with Crippen LogP contribution in [0.3, 0.4) is 0 Å². The molecule has 1 atom stereocenters. The number of fused-ring (bicyclic) bond motifs is 2. The van der Waals surface area contributed by atoms with Crippen molar-refractivity contribution in [1.82, 2.24) is 25.0 Å². The minimum absolute atomic E-state index is 0.00505. The highest BCUT2D eigenvalue weighted by molar-refractivity contribution is 6.15. The molecule has 0 saturated carbocycles. The Balaban J connectivity index is 1.46. The number of Topliss-reactive ketones (excluding diaryl/α,β-unsaturated/α-hetero) is 1. The molecule has 5 rings (SSSR count). The summed E-state index contributed by atoms with van der Waals surface area (Å²) in [6, 6.07) is 7.16. The van der Waals surface area contributed by atoms with Crippen molar-refractivity contribution in [2.24, 2.45) is 0 Å². The summed E-state index contributed by atoms with van der Waals surface area (Å²) in [6.45, 7) is 3.86. The number of piperazine rings is 1. The zero-order valence-corrected chi connectivity index (χ0v) is 18.2. The van der Waals surface area contributed by atoms with Gasteiger partial charge < -0.3 is 19.5 Å². The van der Waals surface area contributed by atoms with Crippen molar-refractivity contribution in [1.29, 1.82) is 0 Å². The normalized spacial score (nSPS) is 19.7. The lowest BCUT2D eigenvalue weighted by Gasteiger charge is -2.38. The second-order valence-corrected chi connectivity index (χ2v) is 8.12. The molecule has 3 aromatic rings. The predicted molar refractivity (Wildman–Crippen MR) is 119 cm³/mol. The van der Waals surface area contributed by atoms with Gasteiger partial charge in [0.15, 0.2) is 11.4 Å². The molecule has 10 nitrogen and oxygen atoms in total. The number of aromatic nitrogens is 3. The summed E-state index contributed by atoms with van der Waals surface area (Å²) in [4.78, 5) is 32.2. The molecule has 10 heteroatoms. The van der Waals surface area contributed by atoms with Gasteiger partial charge in [0.2, 0.25) is 5.78 Å². The van der Waals surface area contributed by atoms with Crippen molar-refractivity contribution in [3.8, 4) is 11.5 Å². The fourth-order valence-electron chi connectivity index (χ4n) is 4.35. The third-order valence-electron chi connectivity index (χ3n) is 6.15. The quantitative estimate of drug-likeness (QED) is 0.584. The Morgan fingerprint density at radius 1 is 1.36 bits per heavy atom. The van der Waals surface area contributed by atoms with Gasteiger partial charge in [-0.3, -0.25) is 14.8 Å². The zero-order chi connectivity index (χ0) is 23.1. The van der Waals surface area contributed by atoms with E-state index in [0.717, 1.165) is 10.9 Å². The molecule has 1 amide bonds. The van der Waals surface area contributed by atoms with Gasteiger partial charge in [0.1, 0.15) is 11.5 Å². The van der Waals surface area contributed by atoms with E-state index < -0.39 is 6.09 Å². The van der Waals surface area contributed by atoms with Crippen molar-refractivity contribution in [3.05, 3.63) is 53.0 Å². The second kappa shape index (κ2) is 8.21. The van der Waals surface area contributed by atoms with Gasteiger partial charge in [-0.05, 0) is 31.2 Å². The molecule has 170 valence electrons. The predicted octanol–water partition coefficient (Wildman–Crippen LogP) is 2.77. The Bertz CT molecular complexity index is 1280.